The Labute approximate surface area is 178 Å². The van der Waals surface area contributed by atoms with Crippen LogP contribution < -0.4 is 5.32 Å². The van der Waals surface area contributed by atoms with E-state index < -0.39 is 17.7 Å². The summed E-state index contributed by atoms with van der Waals surface area (Å²) in [5.74, 6) is -0.0704. The predicted octanol–water partition coefficient (Wildman–Crippen LogP) is 3.57. The standard InChI is InChI=1S/C23H32N4O3/c1-17-15-19(27-14-8-13-24-27)16-26(17)21(28)20(25-22(29)30-23(2,3)4)12-11-18-9-6-5-7-10-18/h5-10,13-14,17,19-20H,11-12,15-16H2,1-4H3,(H,25,29)/t17-,19?,20-/m1/s1. The molecule has 3 rings (SSSR count). The lowest BCUT2D eigenvalue weighted by molar-refractivity contribution is -0.134. The van der Waals surface area contributed by atoms with Gasteiger partial charge in [0.05, 0.1) is 6.04 Å². The number of nitrogens with zero attached hydrogens (tertiary/aromatic N) is 3. The summed E-state index contributed by atoms with van der Waals surface area (Å²) in [4.78, 5) is 27.7. The Morgan fingerprint density at radius 1 is 1.23 bits per heavy atom. The van der Waals surface area contributed by atoms with Crippen LogP contribution in [0.4, 0.5) is 4.79 Å². The minimum absolute atomic E-state index is 0.0704. The van der Waals surface area contributed by atoms with E-state index in [0.717, 1.165) is 12.0 Å². The van der Waals surface area contributed by atoms with Gasteiger partial charge in [-0.25, -0.2) is 4.79 Å². The predicted molar refractivity (Wildman–Crippen MR) is 115 cm³/mol. The molecule has 1 fully saturated rings. The van der Waals surface area contributed by atoms with Gasteiger partial charge in [-0.3, -0.25) is 9.48 Å². The van der Waals surface area contributed by atoms with Gasteiger partial charge in [-0.05, 0) is 58.6 Å². The highest BCUT2D eigenvalue weighted by Gasteiger charge is 2.37. The van der Waals surface area contributed by atoms with Gasteiger partial charge in [0.15, 0.2) is 0 Å². The van der Waals surface area contributed by atoms with Gasteiger partial charge in [0, 0.05) is 25.0 Å². The average molecular weight is 413 g/mol. The van der Waals surface area contributed by atoms with Crippen LogP contribution in [0.25, 0.3) is 0 Å². The molecule has 1 N–H and O–H groups in total. The van der Waals surface area contributed by atoms with Crippen molar-refractivity contribution in [3.8, 4) is 0 Å². The quantitative estimate of drug-likeness (QED) is 0.787. The Morgan fingerprint density at radius 3 is 2.60 bits per heavy atom. The zero-order valence-electron chi connectivity index (χ0n) is 18.2. The highest BCUT2D eigenvalue weighted by Crippen LogP contribution is 2.27. The molecule has 7 nitrogen and oxygen atoms in total. The van der Waals surface area contributed by atoms with Crippen molar-refractivity contribution in [2.24, 2.45) is 0 Å². The van der Waals surface area contributed by atoms with Gasteiger partial charge in [-0.1, -0.05) is 30.3 Å². The first kappa shape index (κ1) is 21.9. The van der Waals surface area contributed by atoms with E-state index >= 15 is 0 Å². The van der Waals surface area contributed by atoms with Crippen LogP contribution >= 0.6 is 0 Å². The van der Waals surface area contributed by atoms with Crippen molar-refractivity contribution in [1.29, 1.82) is 0 Å². The number of nitrogens with one attached hydrogen (secondary N) is 1. The normalized spacial score (nSPS) is 20.1. The third kappa shape index (κ3) is 5.84. The Bertz CT molecular complexity index is 830. The second-order valence-electron chi connectivity index (χ2n) is 8.94. The van der Waals surface area contributed by atoms with E-state index in [1.807, 2.05) is 79.9 Å². The third-order valence-electron chi connectivity index (χ3n) is 5.29. The number of hydrogen-bond acceptors (Lipinski definition) is 4. The molecule has 0 radical (unpaired) electrons. The van der Waals surface area contributed by atoms with Crippen molar-refractivity contribution in [2.45, 2.75) is 70.7 Å². The number of rotatable bonds is 6. The molecule has 1 aliphatic rings. The van der Waals surface area contributed by atoms with Gasteiger partial charge in [0.2, 0.25) is 5.91 Å². The monoisotopic (exact) mass is 412 g/mol. The maximum atomic E-state index is 13.4. The van der Waals surface area contributed by atoms with E-state index in [1.54, 1.807) is 6.20 Å². The Kier molecular flexibility index (Phi) is 6.80. The van der Waals surface area contributed by atoms with Crippen molar-refractivity contribution in [1.82, 2.24) is 20.0 Å². The average Bonchev–Trinajstić information content (AvgIpc) is 3.33. The number of ether oxygens (including phenoxy) is 1. The van der Waals surface area contributed by atoms with Crippen LogP contribution in [-0.2, 0) is 16.0 Å². The minimum Gasteiger partial charge on any atom is -0.444 e. The number of carbonyl (C=O) groups excluding carboxylic acids is 2. The lowest BCUT2D eigenvalue weighted by Crippen LogP contribution is -2.50. The first-order chi connectivity index (χ1) is 14.2. The Hall–Kier alpha value is -2.83. The van der Waals surface area contributed by atoms with Gasteiger partial charge in [0.25, 0.3) is 0 Å². The molecule has 0 aliphatic carbocycles. The summed E-state index contributed by atoms with van der Waals surface area (Å²) in [5.41, 5.74) is 0.508. The molecule has 30 heavy (non-hydrogen) atoms. The first-order valence-corrected chi connectivity index (χ1v) is 10.6. The molecular weight excluding hydrogens is 380 g/mol. The van der Waals surface area contributed by atoms with Crippen molar-refractivity contribution in [3.05, 3.63) is 54.4 Å². The molecule has 2 heterocycles. The Balaban J connectivity index is 1.70. The number of carbonyl (C=O) groups is 2. The smallest absolute Gasteiger partial charge is 0.408 e. The number of alkyl carbamates (subject to hydrolysis) is 1. The number of benzene rings is 1. The largest absolute Gasteiger partial charge is 0.444 e. The number of aromatic nitrogens is 2. The van der Waals surface area contributed by atoms with E-state index in [0.29, 0.717) is 19.4 Å². The molecule has 1 unspecified atom stereocenters. The fourth-order valence-electron chi connectivity index (χ4n) is 3.86. The number of aryl methyl sites for hydroxylation is 1. The van der Waals surface area contributed by atoms with Crippen molar-refractivity contribution in [3.63, 3.8) is 0 Å². The molecule has 1 aliphatic heterocycles. The van der Waals surface area contributed by atoms with Crippen LogP contribution in [0, 0.1) is 0 Å². The van der Waals surface area contributed by atoms with Crippen LogP contribution in [0.15, 0.2) is 48.8 Å². The molecule has 1 aromatic heterocycles. The molecule has 2 aromatic rings. The van der Waals surface area contributed by atoms with Gasteiger partial charge in [-0.2, -0.15) is 5.10 Å². The van der Waals surface area contributed by atoms with E-state index in [9.17, 15) is 9.59 Å². The topological polar surface area (TPSA) is 76.5 Å². The zero-order valence-corrected chi connectivity index (χ0v) is 18.2. The Morgan fingerprint density at radius 2 is 1.97 bits per heavy atom. The number of likely N-dealkylation sites (tertiary alicyclic amines) is 1. The summed E-state index contributed by atoms with van der Waals surface area (Å²) in [7, 11) is 0. The third-order valence-corrected chi connectivity index (χ3v) is 5.29. The molecule has 1 saturated heterocycles. The van der Waals surface area contributed by atoms with E-state index in [2.05, 4.69) is 10.4 Å². The summed E-state index contributed by atoms with van der Waals surface area (Å²) in [6, 6.07) is 11.5. The summed E-state index contributed by atoms with van der Waals surface area (Å²) in [6.45, 7) is 8.06. The van der Waals surface area contributed by atoms with Gasteiger partial charge < -0.3 is 15.0 Å². The molecule has 1 aromatic carbocycles. The zero-order chi connectivity index (χ0) is 21.7. The fourth-order valence-corrected chi connectivity index (χ4v) is 3.86. The highest BCUT2D eigenvalue weighted by molar-refractivity contribution is 5.86. The summed E-state index contributed by atoms with van der Waals surface area (Å²) in [5, 5.41) is 7.14. The first-order valence-electron chi connectivity index (χ1n) is 10.6. The van der Waals surface area contributed by atoms with Crippen molar-refractivity contribution < 1.29 is 14.3 Å². The highest BCUT2D eigenvalue weighted by atomic mass is 16.6. The molecule has 0 spiro atoms. The number of amides is 2. The van der Waals surface area contributed by atoms with Crippen LogP contribution in [0.2, 0.25) is 0 Å². The van der Waals surface area contributed by atoms with Gasteiger partial charge in [-0.15, -0.1) is 0 Å². The lowest BCUT2D eigenvalue weighted by Gasteiger charge is -2.28. The van der Waals surface area contributed by atoms with E-state index in [1.165, 1.54) is 0 Å². The van der Waals surface area contributed by atoms with Gasteiger partial charge >= 0.3 is 6.09 Å². The fraction of sp³-hybridized carbons (Fsp3) is 0.522. The molecule has 0 bridgehead atoms. The maximum Gasteiger partial charge on any atom is 0.408 e. The van der Waals surface area contributed by atoms with E-state index in [4.69, 9.17) is 4.74 Å². The SMILES string of the molecule is C[C@@H]1CC(n2cccn2)CN1C(=O)[C@@H](CCc1ccccc1)NC(=O)OC(C)(C)C. The lowest BCUT2D eigenvalue weighted by atomic mass is 10.0. The van der Waals surface area contributed by atoms with Crippen molar-refractivity contribution in [2.75, 3.05) is 6.54 Å². The second kappa shape index (κ2) is 9.32. The van der Waals surface area contributed by atoms with E-state index in [-0.39, 0.29) is 18.0 Å². The summed E-state index contributed by atoms with van der Waals surface area (Å²) < 4.78 is 7.31. The number of hydrogen-bond donors (Lipinski definition) is 1. The van der Waals surface area contributed by atoms with Gasteiger partial charge in [0.1, 0.15) is 11.6 Å². The maximum absolute atomic E-state index is 13.4. The summed E-state index contributed by atoms with van der Waals surface area (Å²) >= 11 is 0. The minimum atomic E-state index is -0.640. The molecule has 162 valence electrons. The molecule has 2 amide bonds. The van der Waals surface area contributed by atoms with Crippen LogP contribution in [0.1, 0.15) is 52.1 Å². The molecule has 7 heteroatoms. The summed E-state index contributed by atoms with van der Waals surface area (Å²) in [6.07, 6.45) is 5.16. The van der Waals surface area contributed by atoms with Crippen LogP contribution in [0.3, 0.4) is 0 Å². The second-order valence-corrected chi connectivity index (χ2v) is 8.94. The molecule has 0 saturated carbocycles. The molecular formula is C23H32N4O3. The molecule has 3 atom stereocenters. The van der Waals surface area contributed by atoms with Crippen molar-refractivity contribution >= 4 is 12.0 Å². The van der Waals surface area contributed by atoms with Crippen LogP contribution in [-0.4, -0.2) is 50.9 Å². The van der Waals surface area contributed by atoms with Crippen LogP contribution in [0.5, 0.6) is 0 Å².